The fraction of sp³-hybridized carbons (Fsp3) is 0.500. The first kappa shape index (κ1) is 21.3. The summed E-state index contributed by atoms with van der Waals surface area (Å²) in [5.41, 5.74) is 0.861. The van der Waals surface area contributed by atoms with Gasteiger partial charge >= 0.3 is 0 Å². The summed E-state index contributed by atoms with van der Waals surface area (Å²) >= 11 is 6.14. The predicted molar refractivity (Wildman–Crippen MR) is 119 cm³/mol. The van der Waals surface area contributed by atoms with Crippen LogP contribution in [0.25, 0.3) is 0 Å². The topological polar surface area (TPSA) is 72.9 Å². The van der Waals surface area contributed by atoms with Gasteiger partial charge in [0, 0.05) is 63.4 Å². The average Bonchev–Trinajstić information content (AvgIpc) is 2.76. The number of nitrogens with zero attached hydrogens (tertiary/aromatic N) is 6. The van der Waals surface area contributed by atoms with Gasteiger partial charge in [0.05, 0.1) is 4.90 Å². The number of sulfonamides is 1. The molecule has 2 aliphatic rings. The first-order valence-corrected chi connectivity index (χ1v) is 11.9. The van der Waals surface area contributed by atoms with E-state index in [1.54, 1.807) is 18.5 Å². The highest BCUT2D eigenvalue weighted by atomic mass is 35.5. The summed E-state index contributed by atoms with van der Waals surface area (Å²) < 4.78 is 27.5. The molecule has 1 aromatic heterocycles. The van der Waals surface area contributed by atoms with E-state index in [4.69, 9.17) is 11.6 Å². The van der Waals surface area contributed by atoms with Crippen LogP contribution in [0.1, 0.15) is 5.56 Å². The first-order valence-electron chi connectivity index (χ1n) is 10.1. The maximum atomic E-state index is 13.0. The molecule has 2 aliphatic heterocycles. The number of hydrogen-bond acceptors (Lipinski definition) is 7. The fourth-order valence-corrected chi connectivity index (χ4v) is 5.45. The van der Waals surface area contributed by atoms with Crippen molar-refractivity contribution in [1.29, 1.82) is 0 Å². The van der Waals surface area contributed by atoms with Crippen molar-refractivity contribution in [2.75, 3.05) is 69.2 Å². The highest BCUT2D eigenvalue weighted by molar-refractivity contribution is 7.89. The highest BCUT2D eigenvalue weighted by Gasteiger charge is 2.29. The molecule has 30 heavy (non-hydrogen) atoms. The number of aromatic nitrogens is 2. The van der Waals surface area contributed by atoms with Crippen LogP contribution in [0.3, 0.4) is 0 Å². The first-order chi connectivity index (χ1) is 14.3. The SMILES string of the molecule is Cc1ccc(S(=O)(=O)N2CCN(c3cc(N4CCN(C)CC4)ncn3)CC2)cc1Cl. The number of rotatable bonds is 4. The van der Waals surface area contributed by atoms with Crippen LogP contribution in [0.2, 0.25) is 5.02 Å². The molecule has 0 unspecified atom stereocenters. The van der Waals surface area contributed by atoms with Gasteiger partial charge in [-0.3, -0.25) is 0 Å². The van der Waals surface area contributed by atoms with E-state index in [-0.39, 0.29) is 4.90 Å². The van der Waals surface area contributed by atoms with Gasteiger partial charge in [-0.2, -0.15) is 4.31 Å². The number of likely N-dealkylation sites (N-methyl/N-ethyl adjacent to an activating group) is 1. The van der Waals surface area contributed by atoms with Gasteiger partial charge in [-0.25, -0.2) is 18.4 Å². The molecule has 0 aliphatic carbocycles. The van der Waals surface area contributed by atoms with Gasteiger partial charge in [0.25, 0.3) is 0 Å². The lowest BCUT2D eigenvalue weighted by Crippen LogP contribution is -2.49. The van der Waals surface area contributed by atoms with Crippen molar-refractivity contribution in [2.24, 2.45) is 0 Å². The summed E-state index contributed by atoms with van der Waals surface area (Å²) in [6.07, 6.45) is 1.60. The Kier molecular flexibility index (Phi) is 6.15. The Balaban J connectivity index is 1.43. The summed E-state index contributed by atoms with van der Waals surface area (Å²) in [5.74, 6) is 1.77. The monoisotopic (exact) mass is 450 g/mol. The summed E-state index contributed by atoms with van der Waals surface area (Å²) in [4.78, 5) is 15.8. The minimum absolute atomic E-state index is 0.242. The number of anilines is 2. The zero-order valence-electron chi connectivity index (χ0n) is 17.3. The number of halogens is 1. The van der Waals surface area contributed by atoms with Crippen LogP contribution in [0.5, 0.6) is 0 Å². The van der Waals surface area contributed by atoms with Crippen LogP contribution >= 0.6 is 11.6 Å². The van der Waals surface area contributed by atoms with Gasteiger partial charge in [-0.05, 0) is 31.7 Å². The Hall–Kier alpha value is -1.94. The van der Waals surface area contributed by atoms with Crippen molar-refractivity contribution < 1.29 is 8.42 Å². The summed E-state index contributed by atoms with van der Waals surface area (Å²) in [5, 5.41) is 0.465. The molecule has 2 fully saturated rings. The molecule has 0 N–H and O–H groups in total. The second-order valence-electron chi connectivity index (χ2n) is 7.83. The third kappa shape index (κ3) is 4.39. The lowest BCUT2D eigenvalue weighted by molar-refractivity contribution is 0.312. The van der Waals surface area contributed by atoms with E-state index in [1.165, 1.54) is 10.4 Å². The molecule has 1 aromatic carbocycles. The number of benzene rings is 1. The molecule has 0 spiro atoms. The smallest absolute Gasteiger partial charge is 0.243 e. The molecular weight excluding hydrogens is 424 g/mol. The summed E-state index contributed by atoms with van der Waals surface area (Å²) in [6.45, 7) is 7.74. The highest BCUT2D eigenvalue weighted by Crippen LogP contribution is 2.25. The average molecular weight is 451 g/mol. The maximum absolute atomic E-state index is 13.0. The van der Waals surface area contributed by atoms with E-state index in [2.05, 4.69) is 31.7 Å². The third-order valence-corrected chi connectivity index (χ3v) is 8.11. The van der Waals surface area contributed by atoms with Crippen molar-refractivity contribution in [2.45, 2.75) is 11.8 Å². The zero-order valence-corrected chi connectivity index (χ0v) is 18.9. The molecule has 0 bridgehead atoms. The molecule has 2 aromatic rings. The van der Waals surface area contributed by atoms with Crippen LogP contribution < -0.4 is 9.80 Å². The molecule has 162 valence electrons. The minimum Gasteiger partial charge on any atom is -0.354 e. The Morgan fingerprint density at radius 1 is 0.867 bits per heavy atom. The molecular formula is C20H27ClN6O2S. The number of piperazine rings is 2. The summed E-state index contributed by atoms with van der Waals surface area (Å²) in [6, 6.07) is 6.91. The van der Waals surface area contributed by atoms with Gasteiger partial charge in [0.2, 0.25) is 10.0 Å². The Labute approximate surface area is 183 Å². The third-order valence-electron chi connectivity index (χ3n) is 5.81. The van der Waals surface area contributed by atoms with Crippen molar-refractivity contribution >= 4 is 33.3 Å². The Bertz CT molecular complexity index is 1000. The van der Waals surface area contributed by atoms with Gasteiger partial charge in [-0.1, -0.05) is 17.7 Å². The molecule has 3 heterocycles. The van der Waals surface area contributed by atoms with Crippen LogP contribution in [0.4, 0.5) is 11.6 Å². The van der Waals surface area contributed by atoms with Crippen LogP contribution in [-0.4, -0.2) is 87.0 Å². The van der Waals surface area contributed by atoms with Crippen molar-refractivity contribution in [1.82, 2.24) is 19.2 Å². The molecule has 8 nitrogen and oxygen atoms in total. The molecule has 10 heteroatoms. The largest absolute Gasteiger partial charge is 0.354 e. The predicted octanol–water partition coefficient (Wildman–Crippen LogP) is 1.70. The van der Waals surface area contributed by atoms with Crippen LogP contribution in [0.15, 0.2) is 35.5 Å². The number of hydrogen-bond donors (Lipinski definition) is 0. The van der Waals surface area contributed by atoms with Crippen LogP contribution in [-0.2, 0) is 10.0 Å². The van der Waals surface area contributed by atoms with E-state index in [0.29, 0.717) is 31.2 Å². The fourth-order valence-electron chi connectivity index (χ4n) is 3.76. The van der Waals surface area contributed by atoms with Gasteiger partial charge in [0.15, 0.2) is 0 Å². The van der Waals surface area contributed by atoms with E-state index < -0.39 is 10.0 Å². The molecule has 0 amide bonds. The van der Waals surface area contributed by atoms with Crippen LogP contribution in [0, 0.1) is 6.92 Å². The lowest BCUT2D eigenvalue weighted by atomic mass is 10.2. The number of aryl methyl sites for hydroxylation is 1. The van der Waals surface area contributed by atoms with Gasteiger partial charge in [-0.15, -0.1) is 0 Å². The normalized spacial score (nSPS) is 19.3. The van der Waals surface area contributed by atoms with E-state index in [9.17, 15) is 8.42 Å². The minimum atomic E-state index is -3.56. The Morgan fingerprint density at radius 3 is 2.00 bits per heavy atom. The lowest BCUT2D eigenvalue weighted by Gasteiger charge is -2.36. The van der Waals surface area contributed by atoms with Crippen molar-refractivity contribution in [3.8, 4) is 0 Å². The molecule has 0 radical (unpaired) electrons. The molecule has 2 saturated heterocycles. The molecule has 4 rings (SSSR count). The van der Waals surface area contributed by atoms with Gasteiger partial charge < -0.3 is 14.7 Å². The summed E-state index contributed by atoms with van der Waals surface area (Å²) in [7, 11) is -1.44. The zero-order chi connectivity index (χ0) is 21.3. The van der Waals surface area contributed by atoms with E-state index >= 15 is 0 Å². The Morgan fingerprint density at radius 2 is 1.43 bits per heavy atom. The molecule has 0 saturated carbocycles. The van der Waals surface area contributed by atoms with E-state index in [0.717, 1.165) is 43.4 Å². The standard InChI is InChI=1S/C20H27ClN6O2S/c1-16-3-4-17(13-18(16)21)30(28,29)27-11-9-26(10-12-27)20-14-19(22-15-23-20)25-7-5-24(2)6-8-25/h3-4,13-15H,5-12H2,1-2H3. The van der Waals surface area contributed by atoms with Gasteiger partial charge in [0.1, 0.15) is 18.0 Å². The quantitative estimate of drug-likeness (QED) is 0.701. The maximum Gasteiger partial charge on any atom is 0.243 e. The van der Waals surface area contributed by atoms with Crippen molar-refractivity contribution in [3.63, 3.8) is 0 Å². The second kappa shape index (κ2) is 8.66. The van der Waals surface area contributed by atoms with E-state index in [1.807, 2.05) is 13.0 Å². The second-order valence-corrected chi connectivity index (χ2v) is 10.2. The molecule has 0 atom stereocenters. The van der Waals surface area contributed by atoms with Crippen molar-refractivity contribution in [3.05, 3.63) is 41.2 Å².